The van der Waals surface area contributed by atoms with Gasteiger partial charge in [-0.1, -0.05) is 46.9 Å². The zero-order valence-corrected chi connectivity index (χ0v) is 18.1. The van der Waals surface area contributed by atoms with Gasteiger partial charge in [-0.25, -0.2) is 9.59 Å². The molecule has 0 saturated heterocycles. The second kappa shape index (κ2) is 10.8. The minimum atomic E-state index is -1.88. The number of carbonyl (C=O) groups excluding carboxylic acids is 2. The van der Waals surface area contributed by atoms with Gasteiger partial charge in [0.15, 0.2) is 11.3 Å². The van der Waals surface area contributed by atoms with Gasteiger partial charge in [-0.05, 0) is 38.2 Å². The molecule has 0 spiro atoms. The predicted molar refractivity (Wildman–Crippen MR) is 113 cm³/mol. The van der Waals surface area contributed by atoms with Crippen LogP contribution in [0.2, 0.25) is 0 Å². The van der Waals surface area contributed by atoms with Crippen molar-refractivity contribution in [1.29, 1.82) is 0 Å². The van der Waals surface area contributed by atoms with Gasteiger partial charge in [0.2, 0.25) is 3.79 Å². The van der Waals surface area contributed by atoms with Crippen molar-refractivity contribution in [3.63, 3.8) is 0 Å². The third-order valence-corrected chi connectivity index (χ3v) is 4.38. The molecule has 0 aromatic heterocycles. The third-order valence-electron chi connectivity index (χ3n) is 3.50. The van der Waals surface area contributed by atoms with Crippen LogP contribution in [0.15, 0.2) is 24.3 Å². The number of ether oxygens (including phenoxy) is 1. The summed E-state index contributed by atoms with van der Waals surface area (Å²) in [6.45, 7) is 4.64. The minimum Gasteiger partial charge on any atom is -0.465 e. The standard InChI is InChI=1S/C16H21Cl3N4O3S/c1-4-23(5-2)15(25)22-13(16(17,18)19)21-14(27)20-11-9-7-6-8-10(11)12(24)26-3/h6-9,13H,4-5H2,1-3H3,(H,22,25)(H2,20,21,27). The van der Waals surface area contributed by atoms with E-state index in [0.29, 0.717) is 18.8 Å². The molecule has 3 N–H and O–H groups in total. The molecule has 2 amide bonds. The van der Waals surface area contributed by atoms with Gasteiger partial charge < -0.3 is 25.6 Å². The molecule has 1 aromatic rings. The molecule has 1 rings (SSSR count). The second-order valence-corrected chi connectivity index (χ2v) is 8.01. The number of halogens is 3. The first kappa shape index (κ1) is 23.6. The molecule has 0 aliphatic rings. The lowest BCUT2D eigenvalue weighted by Crippen LogP contribution is -2.58. The number of nitrogens with zero attached hydrogens (tertiary/aromatic N) is 1. The Bertz CT molecular complexity index is 681. The van der Waals surface area contributed by atoms with Gasteiger partial charge in [0, 0.05) is 13.1 Å². The molecular weight excluding hydrogens is 435 g/mol. The lowest BCUT2D eigenvalue weighted by molar-refractivity contribution is 0.0602. The quantitative estimate of drug-likeness (QED) is 0.263. The second-order valence-electron chi connectivity index (χ2n) is 5.23. The fourth-order valence-corrected chi connectivity index (χ4v) is 2.65. The summed E-state index contributed by atoms with van der Waals surface area (Å²) in [7, 11) is 1.28. The number of alkyl halides is 3. The van der Waals surface area contributed by atoms with Gasteiger partial charge in [0.25, 0.3) is 0 Å². The van der Waals surface area contributed by atoms with Crippen molar-refractivity contribution in [3.05, 3.63) is 29.8 Å². The van der Waals surface area contributed by atoms with Crippen molar-refractivity contribution in [1.82, 2.24) is 15.5 Å². The number of carbonyl (C=O) groups is 2. The zero-order chi connectivity index (χ0) is 20.6. The molecule has 0 aliphatic carbocycles. The molecule has 0 heterocycles. The van der Waals surface area contributed by atoms with Gasteiger partial charge in [-0.15, -0.1) is 0 Å². The molecule has 0 saturated carbocycles. The molecular formula is C16H21Cl3N4O3S. The molecule has 0 fully saturated rings. The summed E-state index contributed by atoms with van der Waals surface area (Å²) in [6.07, 6.45) is -1.11. The Labute approximate surface area is 178 Å². The fraction of sp³-hybridized carbons (Fsp3) is 0.438. The number of hydrogen-bond donors (Lipinski definition) is 3. The number of anilines is 1. The number of rotatable bonds is 6. The van der Waals surface area contributed by atoms with Crippen LogP contribution in [0.4, 0.5) is 10.5 Å². The molecule has 7 nitrogen and oxygen atoms in total. The molecule has 0 bridgehead atoms. The summed E-state index contributed by atoms with van der Waals surface area (Å²) in [4.78, 5) is 25.6. The van der Waals surface area contributed by atoms with Crippen LogP contribution in [0.1, 0.15) is 24.2 Å². The highest BCUT2D eigenvalue weighted by molar-refractivity contribution is 7.80. The summed E-state index contributed by atoms with van der Waals surface area (Å²) >= 11 is 23.1. The van der Waals surface area contributed by atoms with Gasteiger partial charge in [0.1, 0.15) is 0 Å². The van der Waals surface area contributed by atoms with Crippen LogP contribution in [-0.4, -0.2) is 52.2 Å². The molecule has 1 unspecified atom stereocenters. The number of hydrogen-bond acceptors (Lipinski definition) is 4. The number of benzene rings is 1. The SMILES string of the molecule is CCN(CC)C(=O)NC(NC(=S)Nc1ccccc1C(=O)OC)C(Cl)(Cl)Cl. The molecule has 27 heavy (non-hydrogen) atoms. The maximum absolute atomic E-state index is 12.3. The van der Waals surface area contributed by atoms with E-state index in [1.54, 1.807) is 24.3 Å². The summed E-state index contributed by atoms with van der Waals surface area (Å²) < 4.78 is 2.85. The average Bonchev–Trinajstić information content (AvgIpc) is 2.61. The minimum absolute atomic E-state index is 0.0440. The van der Waals surface area contributed by atoms with Crippen molar-refractivity contribution in [2.45, 2.75) is 23.8 Å². The van der Waals surface area contributed by atoms with E-state index < -0.39 is 22.0 Å². The topological polar surface area (TPSA) is 82.7 Å². The first-order chi connectivity index (χ1) is 12.6. The highest BCUT2D eigenvalue weighted by atomic mass is 35.6. The van der Waals surface area contributed by atoms with Crippen LogP contribution in [0.3, 0.4) is 0 Å². The van der Waals surface area contributed by atoms with Gasteiger partial charge in [-0.3, -0.25) is 0 Å². The first-order valence-corrected chi connectivity index (χ1v) is 9.55. The Morgan fingerprint density at radius 1 is 1.19 bits per heavy atom. The van der Waals surface area contributed by atoms with E-state index in [0.717, 1.165) is 0 Å². The molecule has 0 radical (unpaired) electrons. The van der Waals surface area contributed by atoms with Crippen molar-refractivity contribution in [3.8, 4) is 0 Å². The van der Waals surface area contributed by atoms with E-state index >= 15 is 0 Å². The number of para-hydroxylation sites is 1. The summed E-state index contributed by atoms with van der Waals surface area (Å²) in [5, 5.41) is 8.20. The average molecular weight is 456 g/mol. The number of esters is 1. The Balaban J connectivity index is 2.90. The van der Waals surface area contributed by atoms with Crippen molar-refractivity contribution in [2.75, 3.05) is 25.5 Å². The molecule has 1 aromatic carbocycles. The van der Waals surface area contributed by atoms with Crippen LogP contribution in [-0.2, 0) is 4.74 Å². The van der Waals surface area contributed by atoms with Crippen LogP contribution in [0.25, 0.3) is 0 Å². The van der Waals surface area contributed by atoms with Gasteiger partial charge in [0.05, 0.1) is 18.4 Å². The number of urea groups is 1. The Morgan fingerprint density at radius 2 is 1.78 bits per heavy atom. The van der Waals surface area contributed by atoms with E-state index in [-0.39, 0.29) is 10.7 Å². The highest BCUT2D eigenvalue weighted by Crippen LogP contribution is 2.29. The lowest BCUT2D eigenvalue weighted by Gasteiger charge is -2.30. The summed E-state index contributed by atoms with van der Waals surface area (Å²) in [5.74, 6) is -0.534. The fourth-order valence-electron chi connectivity index (χ4n) is 2.09. The van der Waals surface area contributed by atoms with E-state index in [9.17, 15) is 9.59 Å². The maximum Gasteiger partial charge on any atom is 0.339 e. The Kier molecular flexibility index (Phi) is 9.38. The van der Waals surface area contributed by atoms with Crippen LogP contribution in [0.5, 0.6) is 0 Å². The van der Waals surface area contributed by atoms with Crippen molar-refractivity contribution in [2.24, 2.45) is 0 Å². The zero-order valence-electron chi connectivity index (χ0n) is 15.0. The lowest BCUT2D eigenvalue weighted by atomic mass is 10.2. The third kappa shape index (κ3) is 7.21. The molecule has 11 heteroatoms. The van der Waals surface area contributed by atoms with Crippen molar-refractivity contribution >= 4 is 69.8 Å². The number of nitrogens with one attached hydrogen (secondary N) is 3. The van der Waals surface area contributed by atoms with Gasteiger partial charge >= 0.3 is 12.0 Å². The first-order valence-electron chi connectivity index (χ1n) is 8.01. The van der Waals surface area contributed by atoms with Crippen LogP contribution >= 0.6 is 47.0 Å². The molecule has 1 atom stereocenters. The number of amides is 2. The monoisotopic (exact) mass is 454 g/mol. The van der Waals surface area contributed by atoms with E-state index in [1.807, 2.05) is 13.8 Å². The van der Waals surface area contributed by atoms with Crippen molar-refractivity contribution < 1.29 is 14.3 Å². The van der Waals surface area contributed by atoms with Crippen LogP contribution in [0, 0.1) is 0 Å². The van der Waals surface area contributed by atoms with E-state index in [1.165, 1.54) is 12.0 Å². The molecule has 150 valence electrons. The largest absolute Gasteiger partial charge is 0.465 e. The van der Waals surface area contributed by atoms with E-state index in [2.05, 4.69) is 16.0 Å². The normalized spacial score (nSPS) is 11.9. The molecule has 0 aliphatic heterocycles. The number of thiocarbonyl (C=S) groups is 1. The Morgan fingerprint density at radius 3 is 2.30 bits per heavy atom. The predicted octanol–water partition coefficient (Wildman–Crippen LogP) is 3.51. The van der Waals surface area contributed by atoms with E-state index in [4.69, 9.17) is 51.8 Å². The summed E-state index contributed by atoms with van der Waals surface area (Å²) in [5.41, 5.74) is 0.682. The number of methoxy groups -OCH3 is 1. The smallest absolute Gasteiger partial charge is 0.339 e. The van der Waals surface area contributed by atoms with Crippen LogP contribution < -0.4 is 16.0 Å². The maximum atomic E-state index is 12.3. The Hall–Kier alpha value is -1.48. The van der Waals surface area contributed by atoms with Gasteiger partial charge in [-0.2, -0.15) is 0 Å². The summed E-state index contributed by atoms with van der Waals surface area (Å²) in [6, 6.07) is 6.19. The highest BCUT2D eigenvalue weighted by Gasteiger charge is 2.35.